The van der Waals surface area contributed by atoms with Crippen molar-refractivity contribution in [2.45, 2.75) is 76.1 Å². The van der Waals surface area contributed by atoms with Gasteiger partial charge in [0, 0.05) is 19.6 Å². The lowest BCUT2D eigenvalue weighted by atomic mass is 9.78. The van der Waals surface area contributed by atoms with Gasteiger partial charge in [0.05, 0.1) is 12.6 Å². The maximum Gasteiger partial charge on any atom is 0.249 e. The second-order valence-electron chi connectivity index (χ2n) is 11.1. The largest absolute Gasteiger partial charge is 0.457 e. The molecule has 2 unspecified atom stereocenters. The number of carbonyl (C=O) groups is 2. The molecule has 2 saturated heterocycles. The Morgan fingerprint density at radius 2 is 1.65 bits per heavy atom. The Balaban J connectivity index is 0.00000370. The fourth-order valence-corrected chi connectivity index (χ4v) is 6.33. The molecular weight excluding hydrogens is 526 g/mol. The molecule has 0 radical (unpaired) electrons. The van der Waals surface area contributed by atoms with Gasteiger partial charge in [-0.3, -0.25) is 14.5 Å². The fraction of sp³-hybridized carbons (Fsp3) is 0.500. The minimum atomic E-state index is -0.923. The minimum absolute atomic E-state index is 0. The van der Waals surface area contributed by atoms with E-state index >= 15 is 0 Å². The molecule has 2 N–H and O–H groups in total. The van der Waals surface area contributed by atoms with Crippen LogP contribution in [-0.4, -0.2) is 64.0 Å². The SMILES string of the molecule is CC#CCN1C(=O)C(C(O)C2CCCCC2)NC(=O)C12CCN(Cc1ccc(Oc3ccccc3)cc1)CC2.Cl. The van der Waals surface area contributed by atoms with Crippen LogP contribution in [0.2, 0.25) is 0 Å². The molecule has 1 spiro atoms. The highest BCUT2D eigenvalue weighted by Gasteiger charge is 2.55. The van der Waals surface area contributed by atoms with Crippen molar-refractivity contribution in [1.82, 2.24) is 15.1 Å². The van der Waals surface area contributed by atoms with Crippen LogP contribution < -0.4 is 10.1 Å². The first kappa shape index (κ1) is 29.9. The second kappa shape index (κ2) is 13.5. The Bertz CT molecular complexity index is 1200. The first-order valence-corrected chi connectivity index (χ1v) is 14.2. The van der Waals surface area contributed by atoms with Crippen LogP contribution in [0.4, 0.5) is 0 Å². The Morgan fingerprint density at radius 1 is 1.00 bits per heavy atom. The number of amides is 2. The van der Waals surface area contributed by atoms with E-state index in [0.717, 1.165) is 50.1 Å². The van der Waals surface area contributed by atoms with Crippen LogP contribution in [0, 0.1) is 17.8 Å². The molecule has 7 nitrogen and oxygen atoms in total. The van der Waals surface area contributed by atoms with E-state index in [2.05, 4.69) is 34.2 Å². The summed E-state index contributed by atoms with van der Waals surface area (Å²) in [5, 5.41) is 14.1. The van der Waals surface area contributed by atoms with E-state index in [1.165, 1.54) is 5.56 Å². The van der Waals surface area contributed by atoms with Crippen LogP contribution in [0.25, 0.3) is 0 Å². The highest BCUT2D eigenvalue weighted by Crippen LogP contribution is 2.36. The molecule has 8 heteroatoms. The van der Waals surface area contributed by atoms with Gasteiger partial charge in [0.1, 0.15) is 23.1 Å². The van der Waals surface area contributed by atoms with E-state index in [0.29, 0.717) is 25.9 Å². The predicted octanol–water partition coefficient (Wildman–Crippen LogP) is 4.53. The number of hydrogen-bond acceptors (Lipinski definition) is 5. The van der Waals surface area contributed by atoms with Gasteiger partial charge in [-0.25, -0.2) is 0 Å². The molecule has 3 fully saturated rings. The summed E-state index contributed by atoms with van der Waals surface area (Å²) >= 11 is 0. The number of nitrogens with one attached hydrogen (secondary N) is 1. The second-order valence-corrected chi connectivity index (χ2v) is 11.1. The lowest BCUT2D eigenvalue weighted by Gasteiger charge is -2.52. The van der Waals surface area contributed by atoms with Gasteiger partial charge in [-0.1, -0.05) is 55.5 Å². The maximum atomic E-state index is 13.7. The third kappa shape index (κ3) is 6.46. The summed E-state index contributed by atoms with van der Waals surface area (Å²) in [4.78, 5) is 31.4. The highest BCUT2D eigenvalue weighted by molar-refractivity contribution is 6.00. The molecule has 1 aliphatic carbocycles. The van der Waals surface area contributed by atoms with Crippen molar-refractivity contribution in [3.63, 3.8) is 0 Å². The van der Waals surface area contributed by atoms with E-state index in [4.69, 9.17) is 4.74 Å². The summed E-state index contributed by atoms with van der Waals surface area (Å²) in [5.74, 6) is 7.20. The average Bonchev–Trinajstić information content (AvgIpc) is 2.98. The van der Waals surface area contributed by atoms with Gasteiger partial charge in [0.15, 0.2) is 0 Å². The Kier molecular flexibility index (Phi) is 10.1. The van der Waals surface area contributed by atoms with Crippen molar-refractivity contribution in [1.29, 1.82) is 0 Å². The van der Waals surface area contributed by atoms with E-state index in [1.54, 1.807) is 11.8 Å². The summed E-state index contributed by atoms with van der Waals surface area (Å²) in [7, 11) is 0. The highest BCUT2D eigenvalue weighted by atomic mass is 35.5. The molecule has 214 valence electrons. The lowest BCUT2D eigenvalue weighted by molar-refractivity contribution is -0.164. The van der Waals surface area contributed by atoms with Crippen LogP contribution in [-0.2, 0) is 16.1 Å². The number of nitrogens with zero attached hydrogens (tertiary/aromatic N) is 2. The molecule has 2 atom stereocenters. The Hall–Kier alpha value is -3.05. The molecule has 5 rings (SSSR count). The van der Waals surface area contributed by atoms with Crippen molar-refractivity contribution in [2.24, 2.45) is 5.92 Å². The van der Waals surface area contributed by atoms with E-state index < -0.39 is 17.7 Å². The molecule has 0 bridgehead atoms. The maximum absolute atomic E-state index is 13.7. The summed E-state index contributed by atoms with van der Waals surface area (Å²) in [6.45, 7) is 4.09. The first-order chi connectivity index (χ1) is 19.0. The third-order valence-electron chi connectivity index (χ3n) is 8.64. The number of hydrogen-bond donors (Lipinski definition) is 2. The predicted molar refractivity (Wildman–Crippen MR) is 157 cm³/mol. The number of benzene rings is 2. The van der Waals surface area contributed by atoms with Gasteiger partial charge in [0.2, 0.25) is 11.8 Å². The number of likely N-dealkylation sites (tertiary alicyclic amines) is 1. The van der Waals surface area contributed by atoms with Gasteiger partial charge in [-0.15, -0.1) is 18.3 Å². The molecule has 0 aromatic heterocycles. The Labute approximate surface area is 243 Å². The zero-order valence-electron chi connectivity index (χ0n) is 23.2. The van der Waals surface area contributed by atoms with Gasteiger partial charge in [-0.05, 0) is 68.4 Å². The lowest BCUT2D eigenvalue weighted by Crippen LogP contribution is -2.75. The van der Waals surface area contributed by atoms with Gasteiger partial charge in [-0.2, -0.15) is 0 Å². The van der Waals surface area contributed by atoms with Crippen molar-refractivity contribution in [3.05, 3.63) is 60.2 Å². The summed E-state index contributed by atoms with van der Waals surface area (Å²) in [5.41, 5.74) is 0.244. The van der Waals surface area contributed by atoms with E-state index in [-0.39, 0.29) is 36.7 Å². The summed E-state index contributed by atoms with van der Waals surface area (Å²) < 4.78 is 5.90. The van der Waals surface area contributed by atoms with Gasteiger partial charge < -0.3 is 20.1 Å². The van der Waals surface area contributed by atoms with Crippen molar-refractivity contribution in [3.8, 4) is 23.3 Å². The topological polar surface area (TPSA) is 82.1 Å². The number of piperidine rings is 1. The van der Waals surface area contributed by atoms with Crippen LogP contribution in [0.5, 0.6) is 11.5 Å². The molecule has 2 aromatic rings. The monoisotopic (exact) mass is 565 g/mol. The standard InChI is InChI=1S/C32H39N3O4.ClH/c1-2-3-20-35-30(37)28(29(36)25-10-6-4-7-11-25)33-31(38)32(35)18-21-34(22-19-32)23-24-14-16-27(17-15-24)39-26-12-8-5-9-13-26;/h5,8-9,12-17,25,28-29,36H,4,6-7,10-11,18-23H2,1H3,(H,33,38);1H. The third-order valence-corrected chi connectivity index (χ3v) is 8.64. The number of aliphatic hydroxyl groups excluding tert-OH is 1. The number of rotatable bonds is 7. The number of carbonyl (C=O) groups excluding carboxylic acids is 2. The zero-order chi connectivity index (χ0) is 27.2. The molecule has 2 heterocycles. The summed E-state index contributed by atoms with van der Waals surface area (Å²) in [6.07, 6.45) is 5.30. The quantitative estimate of drug-likeness (QED) is 0.482. The van der Waals surface area contributed by atoms with Crippen molar-refractivity contribution < 1.29 is 19.4 Å². The first-order valence-electron chi connectivity index (χ1n) is 14.2. The molecule has 2 aliphatic heterocycles. The minimum Gasteiger partial charge on any atom is -0.457 e. The van der Waals surface area contributed by atoms with Crippen LogP contribution in [0.1, 0.15) is 57.4 Å². The summed E-state index contributed by atoms with van der Waals surface area (Å²) in [6, 6.07) is 16.9. The molecule has 1 saturated carbocycles. The number of piperazine rings is 1. The molecule has 3 aliphatic rings. The van der Waals surface area contributed by atoms with E-state index in [1.807, 2.05) is 42.5 Å². The van der Waals surface area contributed by atoms with Crippen molar-refractivity contribution >= 4 is 24.2 Å². The van der Waals surface area contributed by atoms with Crippen molar-refractivity contribution in [2.75, 3.05) is 19.6 Å². The number of aliphatic hydroxyl groups is 1. The smallest absolute Gasteiger partial charge is 0.249 e. The number of ether oxygens (including phenoxy) is 1. The van der Waals surface area contributed by atoms with Gasteiger partial charge >= 0.3 is 0 Å². The molecule has 2 amide bonds. The van der Waals surface area contributed by atoms with Crippen LogP contribution in [0.15, 0.2) is 54.6 Å². The fourth-order valence-electron chi connectivity index (χ4n) is 6.33. The Morgan fingerprint density at radius 3 is 2.30 bits per heavy atom. The molecule has 2 aromatic carbocycles. The normalized spacial score (nSPS) is 22.1. The molecule has 40 heavy (non-hydrogen) atoms. The van der Waals surface area contributed by atoms with Crippen LogP contribution in [0.3, 0.4) is 0 Å². The number of halogens is 1. The van der Waals surface area contributed by atoms with E-state index in [9.17, 15) is 14.7 Å². The average molecular weight is 566 g/mol. The van der Waals surface area contributed by atoms with Gasteiger partial charge in [0.25, 0.3) is 0 Å². The zero-order valence-corrected chi connectivity index (χ0v) is 24.0. The molecular formula is C32H40ClN3O4. The number of para-hydroxylation sites is 1. The van der Waals surface area contributed by atoms with Crippen LogP contribution >= 0.6 is 12.4 Å².